The summed E-state index contributed by atoms with van der Waals surface area (Å²) in [5.74, 6) is -0.510. The van der Waals surface area contributed by atoms with Crippen molar-refractivity contribution in [3.05, 3.63) is 52.2 Å². The van der Waals surface area contributed by atoms with Crippen molar-refractivity contribution in [2.75, 3.05) is 25.0 Å². The van der Waals surface area contributed by atoms with Crippen molar-refractivity contribution < 1.29 is 19.1 Å². The zero-order valence-electron chi connectivity index (χ0n) is 15.1. The lowest BCUT2D eigenvalue weighted by Crippen LogP contribution is -2.41. The van der Waals surface area contributed by atoms with E-state index in [1.807, 2.05) is 5.38 Å². The molecular formula is C20H22N2O4S. The molecule has 2 amide bonds. The van der Waals surface area contributed by atoms with Crippen molar-refractivity contribution in [2.45, 2.75) is 19.8 Å². The molecule has 6 nitrogen and oxygen atoms in total. The van der Waals surface area contributed by atoms with E-state index in [2.05, 4.69) is 12.2 Å². The molecule has 0 bridgehead atoms. The van der Waals surface area contributed by atoms with E-state index in [1.165, 1.54) is 11.3 Å². The van der Waals surface area contributed by atoms with Crippen molar-refractivity contribution >= 4 is 34.8 Å². The van der Waals surface area contributed by atoms with Crippen LogP contribution in [-0.4, -0.2) is 42.4 Å². The van der Waals surface area contributed by atoms with Crippen molar-refractivity contribution in [3.8, 4) is 0 Å². The Balaban J connectivity index is 1.55. The van der Waals surface area contributed by atoms with Gasteiger partial charge in [-0.25, -0.2) is 4.79 Å². The highest BCUT2D eigenvalue weighted by Gasteiger charge is 2.22. The van der Waals surface area contributed by atoms with Gasteiger partial charge in [-0.15, -0.1) is 11.3 Å². The Labute approximate surface area is 162 Å². The third-order valence-corrected chi connectivity index (χ3v) is 5.31. The third kappa shape index (κ3) is 5.17. The van der Waals surface area contributed by atoms with Crippen molar-refractivity contribution in [2.24, 2.45) is 5.92 Å². The summed E-state index contributed by atoms with van der Waals surface area (Å²) in [4.78, 5) is 38.9. The molecule has 0 spiro atoms. The average molecular weight is 386 g/mol. The average Bonchev–Trinajstić information content (AvgIpc) is 3.21. The molecule has 1 N–H and O–H groups in total. The molecule has 142 valence electrons. The topological polar surface area (TPSA) is 75.7 Å². The summed E-state index contributed by atoms with van der Waals surface area (Å²) < 4.78 is 5.17. The molecule has 0 saturated carbocycles. The number of nitrogens with one attached hydrogen (secondary N) is 1. The maximum absolute atomic E-state index is 12.3. The van der Waals surface area contributed by atoms with E-state index in [1.54, 1.807) is 41.3 Å². The molecule has 0 unspecified atom stereocenters. The van der Waals surface area contributed by atoms with Crippen LogP contribution in [0.25, 0.3) is 0 Å². The lowest BCUT2D eigenvalue weighted by molar-refractivity contribution is -0.136. The van der Waals surface area contributed by atoms with Crippen LogP contribution >= 0.6 is 11.3 Å². The van der Waals surface area contributed by atoms with Gasteiger partial charge in [0.15, 0.2) is 6.61 Å². The van der Waals surface area contributed by atoms with Crippen LogP contribution < -0.4 is 5.32 Å². The number of carbonyl (C=O) groups is 3. The van der Waals surface area contributed by atoms with Crippen molar-refractivity contribution in [1.82, 2.24) is 4.90 Å². The second-order valence-electron chi connectivity index (χ2n) is 6.68. The van der Waals surface area contributed by atoms with Gasteiger partial charge in [-0.2, -0.15) is 0 Å². The molecule has 1 aromatic heterocycles. The van der Waals surface area contributed by atoms with Crippen molar-refractivity contribution in [3.63, 3.8) is 0 Å². The van der Waals surface area contributed by atoms with Gasteiger partial charge in [0.2, 0.25) is 0 Å². The van der Waals surface area contributed by atoms with Gasteiger partial charge in [-0.3, -0.25) is 9.59 Å². The molecule has 1 atom stereocenters. The first-order valence-corrected chi connectivity index (χ1v) is 9.80. The van der Waals surface area contributed by atoms with Crippen LogP contribution in [0.15, 0.2) is 41.8 Å². The van der Waals surface area contributed by atoms with Gasteiger partial charge in [-0.05, 0) is 48.4 Å². The summed E-state index contributed by atoms with van der Waals surface area (Å²) in [5, 5.41) is 4.57. The number of nitrogens with zero attached hydrogens (tertiary/aromatic N) is 1. The lowest BCUT2D eigenvalue weighted by Gasteiger charge is -2.30. The van der Waals surface area contributed by atoms with E-state index in [9.17, 15) is 14.4 Å². The number of hydrogen-bond acceptors (Lipinski definition) is 5. The largest absolute Gasteiger partial charge is 0.452 e. The summed E-state index contributed by atoms with van der Waals surface area (Å²) in [7, 11) is 0. The van der Waals surface area contributed by atoms with Crippen LogP contribution in [0.2, 0.25) is 0 Å². The standard InChI is InChI=1S/C20H22N2O4S/c1-14-5-3-9-22(12-14)18(23)13-26-20(25)15-6-2-7-16(11-15)21-19(24)17-8-4-10-27-17/h2,4,6-8,10-11,14H,3,5,9,12-13H2,1H3,(H,21,24)/t14-/m0/s1. The van der Waals surface area contributed by atoms with Crippen LogP contribution in [-0.2, 0) is 9.53 Å². The number of thiophene rings is 1. The van der Waals surface area contributed by atoms with E-state index in [-0.39, 0.29) is 18.4 Å². The lowest BCUT2D eigenvalue weighted by atomic mass is 10.0. The molecule has 0 radical (unpaired) electrons. The summed E-state index contributed by atoms with van der Waals surface area (Å²) >= 11 is 1.34. The molecule has 27 heavy (non-hydrogen) atoms. The number of anilines is 1. The molecule has 1 aliphatic heterocycles. The van der Waals surface area contributed by atoms with Crippen LogP contribution in [0, 0.1) is 5.92 Å². The van der Waals surface area contributed by atoms with Gasteiger partial charge < -0.3 is 15.0 Å². The predicted molar refractivity (Wildman–Crippen MR) is 104 cm³/mol. The maximum Gasteiger partial charge on any atom is 0.338 e. The zero-order chi connectivity index (χ0) is 19.2. The van der Waals surface area contributed by atoms with Crippen LogP contribution in [0.1, 0.15) is 39.8 Å². The summed E-state index contributed by atoms with van der Waals surface area (Å²) in [6, 6.07) is 10.0. The van der Waals surface area contributed by atoms with Gasteiger partial charge in [-0.1, -0.05) is 19.1 Å². The van der Waals surface area contributed by atoms with Crippen LogP contribution in [0.5, 0.6) is 0 Å². The van der Waals surface area contributed by atoms with Gasteiger partial charge in [0.05, 0.1) is 10.4 Å². The second-order valence-corrected chi connectivity index (χ2v) is 7.62. The molecule has 3 rings (SSSR count). The highest BCUT2D eigenvalue weighted by atomic mass is 32.1. The van der Waals surface area contributed by atoms with E-state index in [4.69, 9.17) is 4.74 Å². The first-order chi connectivity index (χ1) is 13.0. The minimum absolute atomic E-state index is 0.169. The number of benzene rings is 1. The number of carbonyl (C=O) groups excluding carboxylic acids is 3. The summed E-state index contributed by atoms with van der Waals surface area (Å²) in [6.07, 6.45) is 2.10. The van der Waals surface area contributed by atoms with Crippen molar-refractivity contribution in [1.29, 1.82) is 0 Å². The monoisotopic (exact) mass is 386 g/mol. The Hall–Kier alpha value is -2.67. The van der Waals surface area contributed by atoms with Gasteiger partial charge in [0.25, 0.3) is 11.8 Å². The number of ether oxygens (including phenoxy) is 1. The van der Waals surface area contributed by atoms with E-state index in [0.29, 0.717) is 35.1 Å². The van der Waals surface area contributed by atoms with Gasteiger partial charge >= 0.3 is 5.97 Å². The molecule has 7 heteroatoms. The molecule has 1 aliphatic rings. The number of hydrogen-bond donors (Lipinski definition) is 1. The Kier molecular flexibility index (Phi) is 6.24. The highest BCUT2D eigenvalue weighted by molar-refractivity contribution is 7.12. The number of piperidine rings is 1. The fourth-order valence-electron chi connectivity index (χ4n) is 3.04. The van der Waals surface area contributed by atoms with Crippen LogP contribution in [0.4, 0.5) is 5.69 Å². The minimum Gasteiger partial charge on any atom is -0.452 e. The summed E-state index contributed by atoms with van der Waals surface area (Å²) in [6.45, 7) is 3.27. The number of amides is 2. The Morgan fingerprint density at radius 2 is 2.11 bits per heavy atom. The molecule has 0 aliphatic carbocycles. The molecular weight excluding hydrogens is 364 g/mol. The van der Waals surface area contributed by atoms with E-state index < -0.39 is 5.97 Å². The summed E-state index contributed by atoms with van der Waals surface area (Å²) in [5.41, 5.74) is 0.790. The van der Waals surface area contributed by atoms with E-state index >= 15 is 0 Å². The normalized spacial score (nSPS) is 16.6. The highest BCUT2D eigenvalue weighted by Crippen LogP contribution is 2.17. The molecule has 1 aromatic carbocycles. The maximum atomic E-state index is 12.3. The fourth-order valence-corrected chi connectivity index (χ4v) is 3.66. The SMILES string of the molecule is C[C@H]1CCCN(C(=O)COC(=O)c2cccc(NC(=O)c3cccs3)c2)C1. The number of likely N-dealkylation sites (tertiary alicyclic amines) is 1. The smallest absolute Gasteiger partial charge is 0.338 e. The molecule has 2 aromatic rings. The van der Waals surface area contributed by atoms with E-state index in [0.717, 1.165) is 12.8 Å². The first kappa shape index (κ1) is 19.1. The fraction of sp³-hybridized carbons (Fsp3) is 0.350. The molecule has 1 saturated heterocycles. The molecule has 2 heterocycles. The minimum atomic E-state index is -0.583. The molecule has 1 fully saturated rings. The van der Waals surface area contributed by atoms with Gasteiger partial charge in [0.1, 0.15) is 0 Å². The Morgan fingerprint density at radius 3 is 2.85 bits per heavy atom. The first-order valence-electron chi connectivity index (χ1n) is 8.93. The quantitative estimate of drug-likeness (QED) is 0.799. The number of rotatable bonds is 5. The van der Waals surface area contributed by atoms with Gasteiger partial charge in [0, 0.05) is 18.8 Å². The number of esters is 1. The Morgan fingerprint density at radius 1 is 1.26 bits per heavy atom. The zero-order valence-corrected chi connectivity index (χ0v) is 16.0. The Bertz CT molecular complexity index is 819. The predicted octanol–water partition coefficient (Wildman–Crippen LogP) is 3.42. The third-order valence-electron chi connectivity index (χ3n) is 4.44. The van der Waals surface area contributed by atoms with Crippen LogP contribution in [0.3, 0.4) is 0 Å². The second kappa shape index (κ2) is 8.81.